The first-order chi connectivity index (χ1) is 15.2. The van der Waals surface area contributed by atoms with Crippen molar-refractivity contribution in [3.05, 3.63) is 71.0 Å². The molecule has 31 heavy (non-hydrogen) atoms. The number of rotatable bonds is 4. The Morgan fingerprint density at radius 2 is 1.84 bits per heavy atom. The van der Waals surface area contributed by atoms with Crippen molar-refractivity contribution in [2.24, 2.45) is 0 Å². The van der Waals surface area contributed by atoms with Gasteiger partial charge in [0, 0.05) is 49.0 Å². The third kappa shape index (κ3) is 3.42. The Balaban J connectivity index is 1.15. The summed E-state index contributed by atoms with van der Waals surface area (Å²) in [5.41, 5.74) is 5.37. The van der Waals surface area contributed by atoms with E-state index in [0.717, 1.165) is 60.4 Å². The number of likely N-dealkylation sites (tertiary alicyclic amines) is 1. The summed E-state index contributed by atoms with van der Waals surface area (Å²) in [5.74, 6) is -0.0352. The van der Waals surface area contributed by atoms with Crippen LogP contribution in [0.25, 0.3) is 10.8 Å². The number of amides is 1. The first kappa shape index (κ1) is 19.0. The molecule has 4 heterocycles. The van der Waals surface area contributed by atoms with Crippen molar-refractivity contribution in [2.75, 3.05) is 25.0 Å². The molecule has 2 saturated heterocycles. The maximum atomic E-state index is 12.1. The molecule has 0 unspecified atom stereocenters. The van der Waals surface area contributed by atoms with Gasteiger partial charge in [0.15, 0.2) is 0 Å². The Labute approximate surface area is 182 Å². The molecule has 0 saturated carbocycles. The maximum Gasteiger partial charge on any atom is 0.256 e. The zero-order chi connectivity index (χ0) is 20.8. The van der Waals surface area contributed by atoms with Crippen LogP contribution >= 0.6 is 0 Å². The molecule has 1 N–H and O–H groups in total. The van der Waals surface area contributed by atoms with Gasteiger partial charge in [-0.15, -0.1) is 0 Å². The molecule has 2 aromatic carbocycles. The van der Waals surface area contributed by atoms with Gasteiger partial charge < -0.3 is 10.1 Å². The van der Waals surface area contributed by atoms with E-state index >= 15 is 0 Å². The van der Waals surface area contributed by atoms with E-state index in [1.807, 2.05) is 12.1 Å². The van der Waals surface area contributed by atoms with Crippen molar-refractivity contribution < 1.29 is 9.53 Å². The zero-order valence-electron chi connectivity index (χ0n) is 17.7. The summed E-state index contributed by atoms with van der Waals surface area (Å²) in [6, 6.07) is 14.8. The van der Waals surface area contributed by atoms with Gasteiger partial charge in [0.25, 0.3) is 5.91 Å². The molecular formula is C26H27N3O2. The lowest BCUT2D eigenvalue weighted by Crippen LogP contribution is -2.43. The maximum absolute atomic E-state index is 12.1. The van der Waals surface area contributed by atoms with Gasteiger partial charge in [-0.2, -0.15) is 0 Å². The highest BCUT2D eigenvalue weighted by molar-refractivity contribution is 6.23. The normalized spacial score (nSPS) is 19.9. The number of nitrogens with zero attached hydrogens (tertiary/aromatic N) is 2. The largest absolute Gasteiger partial charge is 0.375 e. The lowest BCUT2D eigenvalue weighted by molar-refractivity contribution is -0.0447. The molecule has 0 atom stereocenters. The number of carbonyl (C=O) groups is 1. The van der Waals surface area contributed by atoms with Gasteiger partial charge in [0.2, 0.25) is 0 Å². The topological polar surface area (TPSA) is 54.5 Å². The number of ether oxygens (including phenoxy) is 1. The fourth-order valence-electron chi connectivity index (χ4n) is 5.46. The molecule has 3 aromatic rings. The molecule has 1 aromatic heterocycles. The van der Waals surface area contributed by atoms with Gasteiger partial charge in [-0.1, -0.05) is 36.4 Å². The molecular weight excluding hydrogens is 386 g/mol. The molecule has 0 bridgehead atoms. The first-order valence-electron chi connectivity index (χ1n) is 11.4. The van der Waals surface area contributed by atoms with E-state index in [0.29, 0.717) is 0 Å². The molecule has 1 amide bonds. The van der Waals surface area contributed by atoms with Crippen LogP contribution in [0, 0.1) is 0 Å². The molecule has 1 spiro atoms. The van der Waals surface area contributed by atoms with Crippen LogP contribution in [0.15, 0.2) is 48.7 Å². The SMILES string of the molecule is O=C1Nc2cnc(Cc3ccc(CN4CCC5(CCCO5)CC4)cc3)c3cccc1c23. The van der Waals surface area contributed by atoms with E-state index in [2.05, 4.69) is 45.5 Å². The molecule has 3 aliphatic rings. The molecule has 2 fully saturated rings. The quantitative estimate of drug-likeness (QED) is 0.682. The predicted octanol–water partition coefficient (Wildman–Crippen LogP) is 4.54. The highest BCUT2D eigenvalue weighted by Crippen LogP contribution is 2.36. The standard InChI is InChI=1S/C26H27N3O2/c30-25-21-4-1-3-20-22(27-16-23(28-25)24(20)21)15-18-5-7-19(8-6-18)17-29-12-10-26(11-13-29)9-2-14-31-26/h1,3-8,16H,2,9-15,17H2,(H,28,30). The molecule has 5 nitrogen and oxygen atoms in total. The third-order valence-corrected chi connectivity index (χ3v) is 7.24. The number of nitrogens with one attached hydrogen (secondary N) is 1. The van der Waals surface area contributed by atoms with Crippen molar-refractivity contribution in [3.63, 3.8) is 0 Å². The summed E-state index contributed by atoms with van der Waals surface area (Å²) in [6.07, 6.45) is 7.35. The molecule has 0 radical (unpaired) electrons. The molecule has 158 valence electrons. The molecule has 3 aliphatic heterocycles. The van der Waals surface area contributed by atoms with Crippen LogP contribution in [0.1, 0.15) is 52.9 Å². The van der Waals surface area contributed by atoms with Crippen LogP contribution in [0.5, 0.6) is 0 Å². The summed E-state index contributed by atoms with van der Waals surface area (Å²) >= 11 is 0. The number of hydrogen-bond acceptors (Lipinski definition) is 4. The lowest BCUT2D eigenvalue weighted by Gasteiger charge is -2.38. The minimum atomic E-state index is -0.0352. The van der Waals surface area contributed by atoms with E-state index in [4.69, 9.17) is 4.74 Å². The average Bonchev–Trinajstić information content (AvgIpc) is 3.39. The summed E-state index contributed by atoms with van der Waals surface area (Å²) in [6.45, 7) is 4.20. The van der Waals surface area contributed by atoms with Crippen molar-refractivity contribution in [3.8, 4) is 0 Å². The Kier molecular flexibility index (Phi) is 4.55. The van der Waals surface area contributed by atoms with Gasteiger partial charge in [0.05, 0.1) is 23.2 Å². The van der Waals surface area contributed by atoms with Crippen molar-refractivity contribution >= 4 is 22.4 Å². The predicted molar refractivity (Wildman–Crippen MR) is 121 cm³/mol. The smallest absolute Gasteiger partial charge is 0.256 e. The zero-order valence-corrected chi connectivity index (χ0v) is 17.7. The molecule has 5 heteroatoms. The van der Waals surface area contributed by atoms with Crippen LogP contribution in [-0.2, 0) is 17.7 Å². The molecule has 6 rings (SSSR count). The number of piperidine rings is 1. The van der Waals surface area contributed by atoms with E-state index in [1.165, 1.54) is 36.8 Å². The van der Waals surface area contributed by atoms with Crippen LogP contribution in [0.3, 0.4) is 0 Å². The van der Waals surface area contributed by atoms with Crippen LogP contribution in [-0.4, -0.2) is 41.1 Å². The number of hydrogen-bond donors (Lipinski definition) is 1. The Hall–Kier alpha value is -2.76. The highest BCUT2D eigenvalue weighted by atomic mass is 16.5. The minimum absolute atomic E-state index is 0.0352. The van der Waals surface area contributed by atoms with Crippen LogP contribution in [0.4, 0.5) is 5.69 Å². The Morgan fingerprint density at radius 3 is 2.61 bits per heavy atom. The highest BCUT2D eigenvalue weighted by Gasteiger charge is 2.38. The van der Waals surface area contributed by atoms with Crippen molar-refractivity contribution in [1.29, 1.82) is 0 Å². The lowest BCUT2D eigenvalue weighted by atomic mass is 9.88. The number of aromatic nitrogens is 1. The van der Waals surface area contributed by atoms with Crippen molar-refractivity contribution in [1.82, 2.24) is 9.88 Å². The fourth-order valence-corrected chi connectivity index (χ4v) is 5.46. The summed E-state index contributed by atoms with van der Waals surface area (Å²) in [4.78, 5) is 19.3. The number of carbonyl (C=O) groups excluding carboxylic acids is 1. The fraction of sp³-hybridized carbons (Fsp3) is 0.385. The summed E-state index contributed by atoms with van der Waals surface area (Å²) in [5, 5.41) is 4.98. The van der Waals surface area contributed by atoms with E-state index in [-0.39, 0.29) is 11.5 Å². The van der Waals surface area contributed by atoms with E-state index in [1.54, 1.807) is 6.20 Å². The van der Waals surface area contributed by atoms with Gasteiger partial charge in [-0.3, -0.25) is 14.7 Å². The van der Waals surface area contributed by atoms with E-state index in [9.17, 15) is 4.79 Å². The molecule has 0 aliphatic carbocycles. The van der Waals surface area contributed by atoms with Crippen LogP contribution < -0.4 is 5.32 Å². The second-order valence-corrected chi connectivity index (χ2v) is 9.21. The Morgan fingerprint density at radius 1 is 1.03 bits per heavy atom. The van der Waals surface area contributed by atoms with E-state index < -0.39 is 0 Å². The number of benzene rings is 2. The monoisotopic (exact) mass is 413 g/mol. The first-order valence-corrected chi connectivity index (χ1v) is 11.4. The second kappa shape index (κ2) is 7.43. The number of pyridine rings is 1. The van der Waals surface area contributed by atoms with Crippen molar-refractivity contribution in [2.45, 2.75) is 44.2 Å². The van der Waals surface area contributed by atoms with Gasteiger partial charge in [-0.25, -0.2) is 0 Å². The Bertz CT molecular complexity index is 1140. The van der Waals surface area contributed by atoms with Crippen LogP contribution in [0.2, 0.25) is 0 Å². The summed E-state index contributed by atoms with van der Waals surface area (Å²) < 4.78 is 6.05. The summed E-state index contributed by atoms with van der Waals surface area (Å²) in [7, 11) is 0. The van der Waals surface area contributed by atoms with Gasteiger partial charge in [-0.05, 0) is 42.9 Å². The second-order valence-electron chi connectivity index (χ2n) is 9.21. The average molecular weight is 414 g/mol. The number of anilines is 1. The minimum Gasteiger partial charge on any atom is -0.375 e. The van der Waals surface area contributed by atoms with Gasteiger partial charge in [0.1, 0.15) is 0 Å². The van der Waals surface area contributed by atoms with Gasteiger partial charge >= 0.3 is 0 Å². The third-order valence-electron chi connectivity index (χ3n) is 7.24.